The maximum absolute atomic E-state index is 10.8. The van der Waals surface area contributed by atoms with Crippen molar-refractivity contribution in [3.05, 3.63) is 0 Å². The molecular weight excluding hydrogens is 819 g/mol. The van der Waals surface area contributed by atoms with Crippen molar-refractivity contribution in [1.82, 2.24) is 4.90 Å². The van der Waals surface area contributed by atoms with Crippen LogP contribution < -0.4 is 0 Å². The Morgan fingerprint density at radius 2 is 0.727 bits per heavy atom. The number of nitrogens with zero attached hydrogens (tertiary/aromatic N) is 1. The molecule has 1 N–H and O–H groups in total. The summed E-state index contributed by atoms with van der Waals surface area (Å²) in [7, 11) is 4.20. The van der Waals surface area contributed by atoms with Crippen LogP contribution in [-0.2, 0) is 23.7 Å². The second-order valence-electron chi connectivity index (χ2n) is 21.9. The summed E-state index contributed by atoms with van der Waals surface area (Å²) in [6, 6.07) is 0. The summed E-state index contributed by atoms with van der Waals surface area (Å²) in [5.41, 5.74) is 0. The first kappa shape index (κ1) is 61.8. The molecule has 0 bridgehead atoms. The highest BCUT2D eigenvalue weighted by molar-refractivity contribution is 4.78. The molecule has 0 aromatic heterocycles. The molecule has 2 aliphatic carbocycles. The number of aliphatic hydroxyl groups excluding tert-OH is 1. The third-order valence-corrected chi connectivity index (χ3v) is 15.4. The van der Waals surface area contributed by atoms with E-state index < -0.39 is 6.29 Å². The van der Waals surface area contributed by atoms with Crippen LogP contribution >= 0.6 is 0 Å². The second-order valence-corrected chi connectivity index (χ2v) is 21.9. The van der Waals surface area contributed by atoms with Crippen LogP contribution in [0.3, 0.4) is 0 Å². The molecule has 7 nitrogen and oxygen atoms in total. The zero-order valence-electron chi connectivity index (χ0n) is 45.5. The van der Waals surface area contributed by atoms with Gasteiger partial charge in [0.05, 0.1) is 32.5 Å². The molecule has 0 spiro atoms. The number of aliphatic hydroxyl groups is 1. The number of rotatable bonds is 48. The molecule has 0 amide bonds. The molecule has 0 heterocycles. The van der Waals surface area contributed by atoms with Crippen molar-refractivity contribution in [3.8, 4) is 0 Å². The lowest BCUT2D eigenvalue weighted by atomic mass is 9.91. The molecule has 7 heteroatoms. The number of hydrogen-bond donors (Lipinski definition) is 1. The molecule has 1 atom stereocenters. The topological polar surface area (TPSA) is 69.6 Å². The van der Waals surface area contributed by atoms with Crippen LogP contribution in [-0.4, -0.2) is 81.0 Å². The largest absolute Gasteiger partial charge is 0.368 e. The summed E-state index contributed by atoms with van der Waals surface area (Å²) >= 11 is 0. The molecule has 2 fully saturated rings. The Morgan fingerprint density at radius 1 is 0.379 bits per heavy atom. The van der Waals surface area contributed by atoms with E-state index in [9.17, 15) is 5.11 Å². The Kier molecular flexibility index (Phi) is 39.7. The summed E-state index contributed by atoms with van der Waals surface area (Å²) < 4.78 is 33.1. The lowest BCUT2D eigenvalue weighted by Crippen LogP contribution is -2.39. The Balaban J connectivity index is 1.71. The van der Waals surface area contributed by atoms with Crippen molar-refractivity contribution < 1.29 is 28.8 Å². The Hall–Kier alpha value is -0.280. The number of ether oxygens (including phenoxy) is 5. The summed E-state index contributed by atoms with van der Waals surface area (Å²) in [5, 5.41) is 10.8. The van der Waals surface area contributed by atoms with Crippen molar-refractivity contribution in [2.24, 2.45) is 11.8 Å². The van der Waals surface area contributed by atoms with Gasteiger partial charge in [0.25, 0.3) is 0 Å². The normalized spacial score (nSPS) is 17.0. The van der Waals surface area contributed by atoms with Gasteiger partial charge in [-0.3, -0.25) is 0 Å². The van der Waals surface area contributed by atoms with Gasteiger partial charge in [-0.2, -0.15) is 0 Å². The Bertz CT molecular complexity index is 926. The maximum Gasteiger partial charge on any atom is 0.168 e. The molecule has 394 valence electrons. The van der Waals surface area contributed by atoms with Crippen LogP contribution in [0, 0.1) is 11.8 Å². The van der Waals surface area contributed by atoms with E-state index in [1.807, 2.05) is 0 Å². The van der Waals surface area contributed by atoms with Crippen LogP contribution in [0.2, 0.25) is 0 Å². The van der Waals surface area contributed by atoms with Crippen LogP contribution in [0.25, 0.3) is 0 Å². The summed E-state index contributed by atoms with van der Waals surface area (Å²) in [4.78, 5) is 2.19. The summed E-state index contributed by atoms with van der Waals surface area (Å²) in [5.74, 6) is 0.948. The molecule has 0 aliphatic heterocycles. The average molecular weight is 937 g/mol. The zero-order chi connectivity index (χ0) is 47.7. The highest BCUT2D eigenvalue weighted by atomic mass is 16.7. The predicted molar refractivity (Wildman–Crippen MR) is 282 cm³/mol. The number of hydrogen-bond acceptors (Lipinski definition) is 7. The highest BCUT2D eigenvalue weighted by Gasteiger charge is 2.35. The zero-order valence-corrected chi connectivity index (χ0v) is 45.5. The average Bonchev–Trinajstić information content (AvgIpc) is 3.31. The van der Waals surface area contributed by atoms with Gasteiger partial charge in [0.15, 0.2) is 17.9 Å². The first-order valence-corrected chi connectivity index (χ1v) is 29.8. The van der Waals surface area contributed by atoms with Crippen LogP contribution in [0.15, 0.2) is 0 Å². The van der Waals surface area contributed by atoms with Gasteiger partial charge in [-0.25, -0.2) is 0 Å². The fourth-order valence-corrected chi connectivity index (χ4v) is 10.9. The van der Waals surface area contributed by atoms with E-state index in [-0.39, 0.29) is 17.7 Å². The quantitative estimate of drug-likeness (QED) is 0.0481. The van der Waals surface area contributed by atoms with E-state index in [0.717, 1.165) is 103 Å². The fraction of sp³-hybridized carbons (Fsp3) is 1.00. The molecular formula is C59H117NO6. The molecule has 2 saturated carbocycles. The molecule has 2 rings (SSSR count). The first-order chi connectivity index (χ1) is 32.3. The van der Waals surface area contributed by atoms with E-state index in [2.05, 4.69) is 46.7 Å². The first-order valence-electron chi connectivity index (χ1n) is 29.8. The molecule has 0 saturated heterocycles. The van der Waals surface area contributed by atoms with Crippen LogP contribution in [0.4, 0.5) is 0 Å². The highest BCUT2D eigenvalue weighted by Crippen LogP contribution is 2.36. The van der Waals surface area contributed by atoms with Gasteiger partial charge in [-0.05, 0) is 110 Å². The van der Waals surface area contributed by atoms with Gasteiger partial charge in [0, 0.05) is 25.7 Å². The molecule has 2 aliphatic rings. The molecule has 1 unspecified atom stereocenters. The van der Waals surface area contributed by atoms with Gasteiger partial charge in [0.2, 0.25) is 0 Å². The minimum absolute atomic E-state index is 0.147. The Labute approximate surface area is 412 Å². The van der Waals surface area contributed by atoms with Gasteiger partial charge in [-0.15, -0.1) is 0 Å². The Morgan fingerprint density at radius 3 is 1.11 bits per heavy atom. The molecule has 0 radical (unpaired) electrons. The van der Waals surface area contributed by atoms with E-state index in [1.165, 1.54) is 205 Å². The third-order valence-electron chi connectivity index (χ3n) is 15.4. The van der Waals surface area contributed by atoms with Gasteiger partial charge in [-0.1, -0.05) is 195 Å². The monoisotopic (exact) mass is 936 g/mol. The smallest absolute Gasteiger partial charge is 0.168 e. The maximum atomic E-state index is 10.8. The van der Waals surface area contributed by atoms with Crippen molar-refractivity contribution in [3.63, 3.8) is 0 Å². The SMILES string of the molecule is CCCCCC(CCCCC)CCOC1(OCCCCCCCC(CCCCCCCOC2(OCCC(CCCCC)CCCCC)CCCCC2)OC(O)CCCN(C)C)CCCCC1. The lowest BCUT2D eigenvalue weighted by Gasteiger charge is -2.37. The van der Waals surface area contributed by atoms with Gasteiger partial charge >= 0.3 is 0 Å². The van der Waals surface area contributed by atoms with Crippen molar-refractivity contribution >= 4 is 0 Å². The van der Waals surface area contributed by atoms with E-state index in [4.69, 9.17) is 23.7 Å². The van der Waals surface area contributed by atoms with E-state index >= 15 is 0 Å². The summed E-state index contributed by atoms with van der Waals surface area (Å²) in [6.45, 7) is 13.6. The van der Waals surface area contributed by atoms with Crippen LogP contribution in [0.1, 0.15) is 297 Å². The molecule has 66 heavy (non-hydrogen) atoms. The molecule has 0 aromatic rings. The predicted octanol–water partition coefficient (Wildman–Crippen LogP) is 17.4. The van der Waals surface area contributed by atoms with Crippen molar-refractivity contribution in [2.45, 2.75) is 321 Å². The second kappa shape index (κ2) is 42.4. The molecule has 0 aromatic carbocycles. The van der Waals surface area contributed by atoms with E-state index in [1.54, 1.807) is 0 Å². The summed E-state index contributed by atoms with van der Waals surface area (Å²) in [6.07, 6.45) is 51.0. The van der Waals surface area contributed by atoms with Crippen molar-refractivity contribution in [2.75, 3.05) is 47.1 Å². The lowest BCUT2D eigenvalue weighted by molar-refractivity contribution is -0.254. The van der Waals surface area contributed by atoms with Gasteiger partial charge in [0.1, 0.15) is 0 Å². The standard InChI is InChI=1S/C59H117NO6/c1-7-11-23-36-54(37-24-12-8-2)43-52-64-58(45-29-21-30-46-58)62-50-33-19-15-17-27-40-56(66-57(61)42-35-49-60(5)6)41-28-18-16-20-34-51-63-59(47-31-22-32-48-59)65-53-44-55(38-25-13-9-3)39-26-14-10-4/h54-57,61H,7-53H2,1-6H3. The third kappa shape index (κ3) is 32.6. The fourth-order valence-electron chi connectivity index (χ4n) is 10.9. The van der Waals surface area contributed by atoms with Crippen molar-refractivity contribution in [1.29, 1.82) is 0 Å². The van der Waals surface area contributed by atoms with E-state index in [0.29, 0.717) is 6.42 Å². The minimum Gasteiger partial charge on any atom is -0.368 e. The number of unbranched alkanes of at least 4 members (excludes halogenated alkanes) is 16. The van der Waals surface area contributed by atoms with Crippen LogP contribution in [0.5, 0.6) is 0 Å². The minimum atomic E-state index is -0.658. The van der Waals surface area contributed by atoms with Gasteiger partial charge < -0.3 is 33.7 Å².